The Morgan fingerprint density at radius 3 is 2.58 bits per heavy atom. The Balaban J connectivity index is 1.29. The second-order valence-corrected chi connectivity index (χ2v) is 7.70. The second-order valence-electron chi connectivity index (χ2n) is 7.70. The maximum atomic E-state index is 12.5. The summed E-state index contributed by atoms with van der Waals surface area (Å²) in [6.45, 7) is 1.58. The van der Waals surface area contributed by atoms with Crippen LogP contribution < -0.4 is 5.32 Å². The lowest BCUT2D eigenvalue weighted by Gasteiger charge is -2.31. The van der Waals surface area contributed by atoms with E-state index in [1.54, 1.807) is 23.2 Å². The number of halogens is 3. The predicted octanol–water partition coefficient (Wildman–Crippen LogP) is 4.52. The van der Waals surface area contributed by atoms with Crippen LogP contribution in [-0.4, -0.2) is 39.5 Å². The molecule has 1 amide bonds. The fourth-order valence-electron chi connectivity index (χ4n) is 3.83. The largest absolute Gasteiger partial charge is 0.411 e. The zero-order chi connectivity index (χ0) is 21.8. The van der Waals surface area contributed by atoms with Gasteiger partial charge in [-0.3, -0.25) is 4.79 Å². The van der Waals surface area contributed by atoms with Crippen LogP contribution in [0.2, 0.25) is 0 Å². The summed E-state index contributed by atoms with van der Waals surface area (Å²) in [6, 6.07) is 11.4. The SMILES string of the molecule is O=C(NCc1ccn2ccnc2c1)c1ccc(C2CCN(C=CC(F)(F)F)CC2)cc1. The number of carbonyl (C=O) groups excluding carboxylic acids is 1. The number of allylic oxidation sites excluding steroid dienone is 1. The van der Waals surface area contributed by atoms with Crippen LogP contribution in [-0.2, 0) is 6.54 Å². The van der Waals surface area contributed by atoms with Gasteiger partial charge in [0.2, 0.25) is 0 Å². The number of nitrogens with zero attached hydrogens (tertiary/aromatic N) is 3. The van der Waals surface area contributed by atoms with Crippen molar-refractivity contribution in [2.75, 3.05) is 13.1 Å². The molecule has 0 spiro atoms. The van der Waals surface area contributed by atoms with Crippen molar-refractivity contribution < 1.29 is 18.0 Å². The number of piperidine rings is 1. The van der Waals surface area contributed by atoms with Crippen LogP contribution in [0.1, 0.15) is 40.2 Å². The molecule has 3 heterocycles. The van der Waals surface area contributed by atoms with E-state index in [0.29, 0.717) is 25.2 Å². The topological polar surface area (TPSA) is 49.6 Å². The van der Waals surface area contributed by atoms with Crippen LogP contribution in [0.3, 0.4) is 0 Å². The molecule has 1 N–H and O–H groups in total. The van der Waals surface area contributed by atoms with Gasteiger partial charge in [-0.2, -0.15) is 13.2 Å². The summed E-state index contributed by atoms with van der Waals surface area (Å²) in [5.74, 6) is 0.135. The van der Waals surface area contributed by atoms with Gasteiger partial charge in [0, 0.05) is 56.1 Å². The molecule has 0 aliphatic carbocycles. The monoisotopic (exact) mass is 428 g/mol. The van der Waals surface area contributed by atoms with Crippen LogP contribution >= 0.6 is 0 Å². The third-order valence-corrected chi connectivity index (χ3v) is 5.56. The summed E-state index contributed by atoms with van der Waals surface area (Å²) in [7, 11) is 0. The van der Waals surface area contributed by atoms with E-state index in [0.717, 1.165) is 35.8 Å². The highest BCUT2D eigenvalue weighted by atomic mass is 19.4. The van der Waals surface area contributed by atoms with Crippen LogP contribution in [0.15, 0.2) is 67.3 Å². The molecule has 3 aromatic rings. The number of imidazole rings is 1. The Labute approximate surface area is 178 Å². The average Bonchev–Trinajstić information content (AvgIpc) is 3.24. The van der Waals surface area contributed by atoms with Crippen molar-refractivity contribution in [3.63, 3.8) is 0 Å². The highest BCUT2D eigenvalue weighted by Crippen LogP contribution is 2.29. The molecular weight excluding hydrogens is 405 g/mol. The van der Waals surface area contributed by atoms with Crippen molar-refractivity contribution in [1.29, 1.82) is 0 Å². The van der Waals surface area contributed by atoms with Gasteiger partial charge < -0.3 is 14.6 Å². The Morgan fingerprint density at radius 1 is 1.13 bits per heavy atom. The number of fused-ring (bicyclic) bond motifs is 1. The summed E-state index contributed by atoms with van der Waals surface area (Å²) in [5, 5.41) is 2.92. The van der Waals surface area contributed by atoms with Crippen LogP contribution in [0.5, 0.6) is 0 Å². The molecule has 4 rings (SSSR count). The molecule has 162 valence electrons. The Bertz CT molecular complexity index is 1060. The van der Waals surface area contributed by atoms with Gasteiger partial charge in [0.25, 0.3) is 5.91 Å². The van der Waals surface area contributed by atoms with Gasteiger partial charge in [-0.25, -0.2) is 4.98 Å². The zero-order valence-corrected chi connectivity index (χ0v) is 16.8. The minimum atomic E-state index is -4.28. The third kappa shape index (κ3) is 5.45. The number of hydrogen-bond donors (Lipinski definition) is 1. The zero-order valence-electron chi connectivity index (χ0n) is 16.8. The van der Waals surface area contributed by atoms with E-state index in [9.17, 15) is 18.0 Å². The first kappa shape index (κ1) is 21.0. The van der Waals surface area contributed by atoms with Gasteiger partial charge in [0.1, 0.15) is 5.65 Å². The van der Waals surface area contributed by atoms with Crippen molar-refractivity contribution in [3.8, 4) is 0 Å². The molecule has 8 heteroatoms. The lowest BCUT2D eigenvalue weighted by Crippen LogP contribution is -2.29. The fraction of sp³-hybridized carbons (Fsp3) is 0.304. The van der Waals surface area contributed by atoms with Gasteiger partial charge in [-0.1, -0.05) is 12.1 Å². The maximum Gasteiger partial charge on any atom is 0.411 e. The molecule has 31 heavy (non-hydrogen) atoms. The van der Waals surface area contributed by atoms with Crippen molar-refractivity contribution in [2.24, 2.45) is 0 Å². The molecule has 5 nitrogen and oxygen atoms in total. The number of pyridine rings is 1. The minimum absolute atomic E-state index is 0.151. The summed E-state index contributed by atoms with van der Waals surface area (Å²) < 4.78 is 38.8. The Morgan fingerprint density at radius 2 is 1.87 bits per heavy atom. The van der Waals surface area contributed by atoms with Gasteiger partial charge in [0.15, 0.2) is 0 Å². The molecule has 0 saturated carbocycles. The summed E-state index contributed by atoms with van der Waals surface area (Å²) >= 11 is 0. The van der Waals surface area contributed by atoms with Gasteiger partial charge in [-0.15, -0.1) is 0 Å². The first-order chi connectivity index (χ1) is 14.9. The molecule has 1 aliphatic rings. The van der Waals surface area contributed by atoms with Crippen molar-refractivity contribution >= 4 is 11.6 Å². The van der Waals surface area contributed by atoms with Crippen LogP contribution in [0.25, 0.3) is 5.65 Å². The number of likely N-dealkylation sites (tertiary alicyclic amines) is 1. The highest BCUT2D eigenvalue weighted by Gasteiger charge is 2.24. The first-order valence-electron chi connectivity index (χ1n) is 10.2. The molecule has 1 saturated heterocycles. The number of rotatable bonds is 5. The number of aromatic nitrogens is 2. The molecule has 0 radical (unpaired) electrons. The normalized spacial score (nSPS) is 15.6. The molecular formula is C23H23F3N4O. The first-order valence-corrected chi connectivity index (χ1v) is 10.2. The van der Waals surface area contributed by atoms with Crippen molar-refractivity contribution in [3.05, 3.63) is 84.0 Å². The molecule has 1 aliphatic heterocycles. The quantitative estimate of drug-likeness (QED) is 0.650. The fourth-order valence-corrected chi connectivity index (χ4v) is 3.83. The molecule has 0 atom stereocenters. The van der Waals surface area contributed by atoms with Gasteiger partial charge in [-0.05, 0) is 54.2 Å². The number of benzene rings is 1. The standard InChI is InChI=1S/C23H23F3N4O/c24-23(25,26)8-13-29-10-6-19(7-11-29)18-1-3-20(4-2-18)22(31)28-16-17-5-12-30-14-9-27-21(30)15-17/h1-5,8-9,12-15,19H,6-7,10-11,16H2,(H,28,31). The number of carbonyl (C=O) groups is 1. The second kappa shape index (κ2) is 8.83. The third-order valence-electron chi connectivity index (χ3n) is 5.56. The van der Waals surface area contributed by atoms with Crippen molar-refractivity contribution in [2.45, 2.75) is 31.5 Å². The predicted molar refractivity (Wildman–Crippen MR) is 112 cm³/mol. The highest BCUT2D eigenvalue weighted by molar-refractivity contribution is 5.94. The van der Waals surface area contributed by atoms with Crippen molar-refractivity contribution in [1.82, 2.24) is 19.6 Å². The average molecular weight is 428 g/mol. The molecule has 1 aromatic carbocycles. The lowest BCUT2D eigenvalue weighted by molar-refractivity contribution is -0.0808. The van der Waals surface area contributed by atoms with E-state index in [1.807, 2.05) is 41.1 Å². The summed E-state index contributed by atoms with van der Waals surface area (Å²) in [5.41, 5.74) is 3.49. The van der Waals surface area contributed by atoms with E-state index in [4.69, 9.17) is 0 Å². The van der Waals surface area contributed by atoms with Gasteiger partial charge >= 0.3 is 6.18 Å². The van der Waals surface area contributed by atoms with E-state index >= 15 is 0 Å². The van der Waals surface area contributed by atoms with Gasteiger partial charge in [0.05, 0.1) is 0 Å². The van der Waals surface area contributed by atoms with E-state index in [-0.39, 0.29) is 17.9 Å². The van der Waals surface area contributed by atoms with E-state index in [1.165, 1.54) is 0 Å². The summed E-state index contributed by atoms with van der Waals surface area (Å²) in [6.07, 6.45) is 4.20. The smallest absolute Gasteiger partial charge is 0.377 e. The molecule has 0 bridgehead atoms. The van der Waals surface area contributed by atoms with E-state index in [2.05, 4.69) is 10.3 Å². The molecule has 2 aromatic heterocycles. The summed E-state index contributed by atoms with van der Waals surface area (Å²) in [4.78, 5) is 18.4. The Hall–Kier alpha value is -3.29. The minimum Gasteiger partial charge on any atom is -0.377 e. The number of hydrogen-bond acceptors (Lipinski definition) is 3. The van der Waals surface area contributed by atoms with Crippen LogP contribution in [0.4, 0.5) is 13.2 Å². The number of amides is 1. The number of nitrogens with one attached hydrogen (secondary N) is 1. The Kier molecular flexibility index (Phi) is 5.97. The number of alkyl halides is 3. The molecule has 1 fully saturated rings. The van der Waals surface area contributed by atoms with E-state index < -0.39 is 6.18 Å². The maximum absolute atomic E-state index is 12.5. The lowest BCUT2D eigenvalue weighted by atomic mass is 9.89. The van der Waals surface area contributed by atoms with Crippen LogP contribution in [0, 0.1) is 0 Å². The molecule has 0 unspecified atom stereocenters.